The summed E-state index contributed by atoms with van der Waals surface area (Å²) in [6, 6.07) is 25.3. The Bertz CT molecular complexity index is 1360. The Morgan fingerprint density at radius 2 is 1.65 bits per heavy atom. The van der Waals surface area contributed by atoms with Crippen LogP contribution in [0.25, 0.3) is 11.0 Å². The van der Waals surface area contributed by atoms with Crippen LogP contribution in [0.4, 0.5) is 5.69 Å². The van der Waals surface area contributed by atoms with E-state index in [-0.39, 0.29) is 5.91 Å². The van der Waals surface area contributed by atoms with E-state index in [9.17, 15) is 4.79 Å². The van der Waals surface area contributed by atoms with Crippen molar-refractivity contribution in [1.82, 2.24) is 25.2 Å². The number of carbonyl (C=O) groups is 1. The number of piperidine rings is 1. The molecule has 1 saturated heterocycles. The SMILES string of the molecule is O=C(c1ccc(N2CCC(NCCCn3nnc4ccccc43)CC2)cc1)N1CCc2ccccc2C1. The van der Waals surface area contributed by atoms with Gasteiger partial charge in [-0.1, -0.05) is 41.6 Å². The van der Waals surface area contributed by atoms with Crippen LogP contribution in [0.3, 0.4) is 0 Å². The molecule has 0 unspecified atom stereocenters. The summed E-state index contributed by atoms with van der Waals surface area (Å²) in [6.45, 7) is 5.40. The molecular formula is C30H34N6O. The first-order chi connectivity index (χ1) is 18.2. The second kappa shape index (κ2) is 10.7. The van der Waals surface area contributed by atoms with Gasteiger partial charge in [0.05, 0.1) is 5.52 Å². The first kappa shape index (κ1) is 23.7. The van der Waals surface area contributed by atoms with E-state index >= 15 is 0 Å². The van der Waals surface area contributed by atoms with Crippen molar-refractivity contribution in [2.24, 2.45) is 0 Å². The fourth-order valence-corrected chi connectivity index (χ4v) is 5.63. The van der Waals surface area contributed by atoms with Crippen LogP contribution < -0.4 is 10.2 Å². The Balaban J connectivity index is 0.954. The van der Waals surface area contributed by atoms with Gasteiger partial charge in [-0.25, -0.2) is 4.68 Å². The van der Waals surface area contributed by atoms with Gasteiger partial charge in [0, 0.05) is 50.0 Å². The van der Waals surface area contributed by atoms with Gasteiger partial charge in [0.1, 0.15) is 5.52 Å². The number of hydrogen-bond acceptors (Lipinski definition) is 5. The minimum Gasteiger partial charge on any atom is -0.371 e. The van der Waals surface area contributed by atoms with Crippen molar-refractivity contribution in [1.29, 1.82) is 0 Å². The van der Waals surface area contributed by atoms with Gasteiger partial charge in [0.15, 0.2) is 0 Å². The maximum Gasteiger partial charge on any atom is 0.254 e. The summed E-state index contributed by atoms with van der Waals surface area (Å²) in [5.41, 5.74) is 6.67. The van der Waals surface area contributed by atoms with Crippen molar-refractivity contribution < 1.29 is 4.79 Å². The molecule has 190 valence electrons. The number of aromatic nitrogens is 3. The third-order valence-corrected chi connectivity index (χ3v) is 7.79. The molecule has 2 aliphatic rings. The van der Waals surface area contributed by atoms with Gasteiger partial charge < -0.3 is 15.1 Å². The molecule has 1 N–H and O–H groups in total. The smallest absolute Gasteiger partial charge is 0.254 e. The van der Waals surface area contributed by atoms with E-state index < -0.39 is 0 Å². The van der Waals surface area contributed by atoms with E-state index in [0.29, 0.717) is 12.6 Å². The number of nitrogens with one attached hydrogen (secondary N) is 1. The number of aryl methyl sites for hydroxylation is 1. The summed E-state index contributed by atoms with van der Waals surface area (Å²) in [6.07, 6.45) is 4.21. The maximum absolute atomic E-state index is 13.1. The Kier molecular flexibility index (Phi) is 6.86. The van der Waals surface area contributed by atoms with Crippen molar-refractivity contribution >= 4 is 22.6 Å². The van der Waals surface area contributed by atoms with Gasteiger partial charge in [-0.3, -0.25) is 4.79 Å². The van der Waals surface area contributed by atoms with Gasteiger partial charge >= 0.3 is 0 Å². The molecule has 4 aromatic rings. The van der Waals surface area contributed by atoms with Crippen molar-refractivity contribution in [3.63, 3.8) is 0 Å². The average Bonchev–Trinajstić information content (AvgIpc) is 3.38. The third-order valence-electron chi connectivity index (χ3n) is 7.79. The topological polar surface area (TPSA) is 66.3 Å². The molecule has 1 aromatic heterocycles. The van der Waals surface area contributed by atoms with Crippen LogP contribution >= 0.6 is 0 Å². The predicted octanol–water partition coefficient (Wildman–Crippen LogP) is 4.28. The van der Waals surface area contributed by atoms with Crippen LogP contribution in [-0.2, 0) is 19.5 Å². The van der Waals surface area contributed by atoms with E-state index in [1.54, 1.807) is 0 Å². The third kappa shape index (κ3) is 5.23. The Hall–Kier alpha value is -3.71. The fraction of sp³-hybridized carbons (Fsp3) is 0.367. The molecular weight excluding hydrogens is 460 g/mol. The van der Waals surface area contributed by atoms with Crippen LogP contribution in [0.1, 0.15) is 40.7 Å². The quantitative estimate of drug-likeness (QED) is 0.389. The minimum atomic E-state index is 0.128. The molecule has 2 aliphatic heterocycles. The maximum atomic E-state index is 13.1. The second-order valence-electron chi connectivity index (χ2n) is 10.2. The zero-order valence-electron chi connectivity index (χ0n) is 21.2. The highest BCUT2D eigenvalue weighted by Gasteiger charge is 2.23. The zero-order chi connectivity index (χ0) is 25.0. The number of para-hydroxylation sites is 1. The van der Waals surface area contributed by atoms with Crippen molar-refractivity contribution in [2.75, 3.05) is 31.1 Å². The molecule has 3 aromatic carbocycles. The monoisotopic (exact) mass is 494 g/mol. The number of nitrogens with zero attached hydrogens (tertiary/aromatic N) is 5. The highest BCUT2D eigenvalue weighted by atomic mass is 16.2. The van der Waals surface area contributed by atoms with Crippen molar-refractivity contribution in [3.8, 4) is 0 Å². The summed E-state index contributed by atoms with van der Waals surface area (Å²) in [7, 11) is 0. The molecule has 7 nitrogen and oxygen atoms in total. The number of hydrogen-bond donors (Lipinski definition) is 1. The van der Waals surface area contributed by atoms with Gasteiger partial charge in [0.25, 0.3) is 5.91 Å². The molecule has 1 amide bonds. The molecule has 0 atom stereocenters. The summed E-state index contributed by atoms with van der Waals surface area (Å²) < 4.78 is 2.00. The highest BCUT2D eigenvalue weighted by molar-refractivity contribution is 5.94. The normalized spacial score (nSPS) is 16.2. The van der Waals surface area contributed by atoms with Gasteiger partial charge in [0.2, 0.25) is 0 Å². The lowest BCUT2D eigenvalue weighted by atomic mass is 9.99. The van der Waals surface area contributed by atoms with Gasteiger partial charge in [-0.15, -0.1) is 5.10 Å². The summed E-state index contributed by atoms with van der Waals surface area (Å²) in [4.78, 5) is 17.5. The Morgan fingerprint density at radius 3 is 2.49 bits per heavy atom. The van der Waals surface area contributed by atoms with E-state index in [2.05, 4.69) is 63.0 Å². The van der Waals surface area contributed by atoms with E-state index in [0.717, 1.165) is 75.0 Å². The summed E-state index contributed by atoms with van der Waals surface area (Å²) in [5, 5.41) is 12.3. The summed E-state index contributed by atoms with van der Waals surface area (Å²) >= 11 is 0. The minimum absolute atomic E-state index is 0.128. The van der Waals surface area contributed by atoms with Crippen molar-refractivity contribution in [3.05, 3.63) is 89.5 Å². The molecule has 0 spiro atoms. The highest BCUT2D eigenvalue weighted by Crippen LogP contribution is 2.23. The standard InChI is InChI=1S/C30H34N6O/c37-30(35-19-14-23-6-1-2-7-25(23)22-35)24-10-12-27(13-11-24)34-20-15-26(16-21-34)31-17-5-18-36-29-9-4-3-8-28(29)32-33-36/h1-4,6-13,26,31H,5,14-22H2. The molecule has 0 bridgehead atoms. The molecule has 7 heteroatoms. The lowest BCUT2D eigenvalue weighted by Gasteiger charge is -2.34. The van der Waals surface area contributed by atoms with Crippen LogP contribution in [-0.4, -0.2) is 58.0 Å². The fourth-order valence-electron chi connectivity index (χ4n) is 5.63. The Labute approximate surface area is 218 Å². The van der Waals surface area contributed by atoms with Gasteiger partial charge in [-0.05, 0) is 79.8 Å². The first-order valence-electron chi connectivity index (χ1n) is 13.5. The number of benzene rings is 3. The number of anilines is 1. The zero-order valence-corrected chi connectivity index (χ0v) is 21.2. The molecule has 0 saturated carbocycles. The summed E-state index contributed by atoms with van der Waals surface area (Å²) in [5.74, 6) is 0.128. The molecule has 3 heterocycles. The predicted molar refractivity (Wildman–Crippen MR) is 147 cm³/mol. The second-order valence-corrected chi connectivity index (χ2v) is 10.2. The molecule has 0 aliphatic carbocycles. The lowest BCUT2D eigenvalue weighted by Crippen LogP contribution is -2.43. The molecule has 0 radical (unpaired) electrons. The van der Waals surface area contributed by atoms with E-state index in [1.807, 2.05) is 39.9 Å². The van der Waals surface area contributed by atoms with Crippen LogP contribution in [0.15, 0.2) is 72.8 Å². The number of carbonyl (C=O) groups excluding carboxylic acids is 1. The van der Waals surface area contributed by atoms with Gasteiger partial charge in [-0.2, -0.15) is 0 Å². The molecule has 1 fully saturated rings. The van der Waals surface area contributed by atoms with Crippen molar-refractivity contribution in [2.45, 2.75) is 44.8 Å². The molecule has 6 rings (SSSR count). The number of fused-ring (bicyclic) bond motifs is 2. The Morgan fingerprint density at radius 1 is 0.892 bits per heavy atom. The van der Waals surface area contributed by atoms with Crippen LogP contribution in [0, 0.1) is 0 Å². The lowest BCUT2D eigenvalue weighted by molar-refractivity contribution is 0.0734. The van der Waals surface area contributed by atoms with Crippen LogP contribution in [0.2, 0.25) is 0 Å². The number of rotatable bonds is 7. The largest absolute Gasteiger partial charge is 0.371 e. The van der Waals surface area contributed by atoms with Crippen LogP contribution in [0.5, 0.6) is 0 Å². The van der Waals surface area contributed by atoms with E-state index in [1.165, 1.54) is 16.8 Å². The number of amides is 1. The first-order valence-corrected chi connectivity index (χ1v) is 13.5. The van der Waals surface area contributed by atoms with E-state index in [4.69, 9.17) is 0 Å². The average molecular weight is 495 g/mol. The molecule has 37 heavy (non-hydrogen) atoms.